The summed E-state index contributed by atoms with van der Waals surface area (Å²) in [6.45, 7) is 8.78. The Morgan fingerprint density at radius 2 is 2.05 bits per heavy atom. The van der Waals surface area contributed by atoms with Crippen LogP contribution in [0.15, 0.2) is 18.2 Å². The highest BCUT2D eigenvalue weighted by Gasteiger charge is 2.21. The zero-order chi connectivity index (χ0) is 14.0. The molecule has 0 aliphatic heterocycles. The van der Waals surface area contributed by atoms with Crippen LogP contribution in [0.5, 0.6) is 0 Å². The van der Waals surface area contributed by atoms with Gasteiger partial charge in [-0.05, 0) is 45.4 Å². The van der Waals surface area contributed by atoms with Crippen LogP contribution in [0.3, 0.4) is 0 Å². The van der Waals surface area contributed by atoms with Crippen molar-refractivity contribution < 1.29 is 0 Å². The summed E-state index contributed by atoms with van der Waals surface area (Å²) in [6, 6.07) is 7.95. The summed E-state index contributed by atoms with van der Waals surface area (Å²) in [4.78, 5) is 4.74. The van der Waals surface area contributed by atoms with Crippen molar-refractivity contribution in [3.63, 3.8) is 0 Å². The highest BCUT2D eigenvalue weighted by atomic mass is 15.1. The van der Waals surface area contributed by atoms with Gasteiger partial charge in [-0.25, -0.2) is 4.98 Å². The minimum atomic E-state index is 0.00594. The summed E-state index contributed by atoms with van der Waals surface area (Å²) in [7, 11) is 0. The van der Waals surface area contributed by atoms with Gasteiger partial charge in [0.15, 0.2) is 0 Å². The minimum absolute atomic E-state index is 0.00594. The van der Waals surface area contributed by atoms with Crippen LogP contribution in [-0.2, 0) is 12.0 Å². The molecule has 0 fully saturated rings. The maximum atomic E-state index is 8.99. The van der Waals surface area contributed by atoms with Gasteiger partial charge in [0.1, 0.15) is 5.82 Å². The molecule has 1 aromatic heterocycles. The Morgan fingerprint density at radius 1 is 1.32 bits per heavy atom. The van der Waals surface area contributed by atoms with Gasteiger partial charge in [-0.15, -0.1) is 0 Å². The number of hydrogen-bond acceptors (Lipinski definition) is 2. The lowest BCUT2D eigenvalue weighted by Crippen LogP contribution is -2.24. The molecule has 0 aliphatic carbocycles. The second-order valence-corrected chi connectivity index (χ2v) is 5.95. The number of nitriles is 1. The second-order valence-electron chi connectivity index (χ2n) is 5.95. The van der Waals surface area contributed by atoms with Crippen molar-refractivity contribution in [2.24, 2.45) is 0 Å². The van der Waals surface area contributed by atoms with E-state index in [1.165, 1.54) is 0 Å². The molecule has 2 rings (SSSR count). The number of hydrogen-bond donors (Lipinski definition) is 0. The SMILES string of the molecule is CCCCc1nc2cc(C#N)ccc2n1C(C)(C)C. The summed E-state index contributed by atoms with van der Waals surface area (Å²) in [5, 5.41) is 8.99. The van der Waals surface area contributed by atoms with Gasteiger partial charge in [0.2, 0.25) is 0 Å². The van der Waals surface area contributed by atoms with Gasteiger partial charge in [0.25, 0.3) is 0 Å². The predicted molar refractivity (Wildman–Crippen MR) is 78.1 cm³/mol. The Kier molecular flexibility index (Phi) is 3.61. The normalized spacial score (nSPS) is 11.7. The summed E-state index contributed by atoms with van der Waals surface area (Å²) in [6.07, 6.45) is 3.30. The molecule has 0 radical (unpaired) electrons. The summed E-state index contributed by atoms with van der Waals surface area (Å²) < 4.78 is 2.30. The molecule has 2 aromatic rings. The van der Waals surface area contributed by atoms with Crippen LogP contribution in [-0.4, -0.2) is 9.55 Å². The molecule has 0 saturated carbocycles. The van der Waals surface area contributed by atoms with Crippen molar-refractivity contribution in [2.75, 3.05) is 0 Å². The zero-order valence-electron chi connectivity index (χ0n) is 12.2. The van der Waals surface area contributed by atoms with Crippen LogP contribution in [0.4, 0.5) is 0 Å². The van der Waals surface area contributed by atoms with E-state index >= 15 is 0 Å². The molecular formula is C16H21N3. The largest absolute Gasteiger partial charge is 0.323 e. The lowest BCUT2D eigenvalue weighted by Gasteiger charge is -2.24. The van der Waals surface area contributed by atoms with E-state index in [1.807, 2.05) is 18.2 Å². The number of fused-ring (bicyclic) bond motifs is 1. The molecule has 0 spiro atoms. The first-order chi connectivity index (χ1) is 8.97. The van der Waals surface area contributed by atoms with E-state index in [1.54, 1.807) is 0 Å². The number of rotatable bonds is 3. The lowest BCUT2D eigenvalue weighted by atomic mass is 10.1. The molecule has 0 saturated heterocycles. The molecule has 19 heavy (non-hydrogen) atoms. The highest BCUT2D eigenvalue weighted by molar-refractivity contribution is 5.78. The van der Waals surface area contributed by atoms with E-state index in [0.29, 0.717) is 5.56 Å². The average molecular weight is 255 g/mol. The standard InChI is InChI=1S/C16H21N3/c1-5-6-7-15-18-13-10-12(11-17)8-9-14(13)19(15)16(2,3)4/h8-10H,5-7H2,1-4H3. The number of nitrogens with zero attached hydrogens (tertiary/aromatic N) is 3. The monoisotopic (exact) mass is 255 g/mol. The van der Waals surface area contributed by atoms with Gasteiger partial charge in [0, 0.05) is 12.0 Å². The number of benzene rings is 1. The fraction of sp³-hybridized carbons (Fsp3) is 0.500. The van der Waals surface area contributed by atoms with Crippen molar-refractivity contribution in [3.8, 4) is 6.07 Å². The third-order valence-electron chi connectivity index (χ3n) is 3.28. The van der Waals surface area contributed by atoms with Crippen molar-refractivity contribution in [2.45, 2.75) is 52.5 Å². The van der Waals surface area contributed by atoms with Gasteiger partial charge in [-0.1, -0.05) is 13.3 Å². The van der Waals surface area contributed by atoms with E-state index in [9.17, 15) is 0 Å². The average Bonchev–Trinajstić information content (AvgIpc) is 2.72. The number of aryl methyl sites for hydroxylation is 1. The molecule has 1 heterocycles. The van der Waals surface area contributed by atoms with Gasteiger partial charge in [-0.3, -0.25) is 0 Å². The molecule has 0 bridgehead atoms. The second kappa shape index (κ2) is 5.05. The molecule has 100 valence electrons. The topological polar surface area (TPSA) is 41.6 Å². The minimum Gasteiger partial charge on any atom is -0.323 e. The van der Waals surface area contributed by atoms with Gasteiger partial charge < -0.3 is 4.57 Å². The van der Waals surface area contributed by atoms with E-state index in [2.05, 4.69) is 38.3 Å². The first kappa shape index (κ1) is 13.6. The zero-order valence-corrected chi connectivity index (χ0v) is 12.2. The fourth-order valence-corrected chi connectivity index (χ4v) is 2.45. The summed E-state index contributed by atoms with van der Waals surface area (Å²) in [5.41, 5.74) is 2.73. The molecule has 0 aliphatic rings. The quantitative estimate of drug-likeness (QED) is 0.831. The van der Waals surface area contributed by atoms with Crippen molar-refractivity contribution in [1.29, 1.82) is 5.26 Å². The maximum Gasteiger partial charge on any atom is 0.110 e. The molecule has 3 heteroatoms. The molecule has 0 atom stereocenters. The van der Waals surface area contributed by atoms with E-state index in [-0.39, 0.29) is 5.54 Å². The molecular weight excluding hydrogens is 234 g/mol. The Bertz CT molecular complexity index is 624. The van der Waals surface area contributed by atoms with Crippen LogP contribution in [0.2, 0.25) is 0 Å². The van der Waals surface area contributed by atoms with Gasteiger partial charge >= 0.3 is 0 Å². The number of unbranched alkanes of at least 4 members (excludes halogenated alkanes) is 1. The Morgan fingerprint density at radius 3 is 2.63 bits per heavy atom. The molecule has 0 amide bonds. The Balaban J connectivity index is 2.63. The molecule has 0 unspecified atom stereocenters. The Hall–Kier alpha value is -1.82. The third-order valence-corrected chi connectivity index (χ3v) is 3.28. The van der Waals surface area contributed by atoms with Crippen LogP contribution in [0.1, 0.15) is 51.9 Å². The first-order valence-electron chi connectivity index (χ1n) is 6.89. The number of aromatic nitrogens is 2. The first-order valence-corrected chi connectivity index (χ1v) is 6.89. The van der Waals surface area contributed by atoms with E-state index in [4.69, 9.17) is 10.2 Å². The van der Waals surface area contributed by atoms with Crippen molar-refractivity contribution in [1.82, 2.24) is 9.55 Å². The fourth-order valence-electron chi connectivity index (χ4n) is 2.45. The smallest absolute Gasteiger partial charge is 0.110 e. The Labute approximate surface area is 114 Å². The van der Waals surface area contributed by atoms with Crippen LogP contribution in [0, 0.1) is 11.3 Å². The molecule has 1 aromatic carbocycles. The van der Waals surface area contributed by atoms with Crippen LogP contribution < -0.4 is 0 Å². The van der Waals surface area contributed by atoms with E-state index in [0.717, 1.165) is 36.1 Å². The summed E-state index contributed by atoms with van der Waals surface area (Å²) in [5.74, 6) is 1.12. The van der Waals surface area contributed by atoms with Crippen molar-refractivity contribution >= 4 is 11.0 Å². The lowest BCUT2D eigenvalue weighted by molar-refractivity contribution is 0.392. The van der Waals surface area contributed by atoms with Crippen molar-refractivity contribution in [3.05, 3.63) is 29.6 Å². The maximum absolute atomic E-state index is 8.99. The van der Waals surface area contributed by atoms with Crippen LogP contribution >= 0.6 is 0 Å². The van der Waals surface area contributed by atoms with Gasteiger partial charge in [0.05, 0.1) is 22.7 Å². The molecule has 3 nitrogen and oxygen atoms in total. The highest BCUT2D eigenvalue weighted by Crippen LogP contribution is 2.26. The third kappa shape index (κ3) is 2.63. The molecule has 0 N–H and O–H groups in total. The van der Waals surface area contributed by atoms with E-state index < -0.39 is 0 Å². The number of imidazole rings is 1. The summed E-state index contributed by atoms with van der Waals surface area (Å²) >= 11 is 0. The predicted octanol–water partition coefficient (Wildman–Crippen LogP) is 4.01. The van der Waals surface area contributed by atoms with Crippen LogP contribution in [0.25, 0.3) is 11.0 Å². The van der Waals surface area contributed by atoms with Gasteiger partial charge in [-0.2, -0.15) is 5.26 Å².